The molecule has 1 fully saturated rings. The van der Waals surface area contributed by atoms with E-state index in [2.05, 4.69) is 38.4 Å². The number of halogens is 2. The lowest BCUT2D eigenvalue weighted by atomic mass is 10.1. The van der Waals surface area contributed by atoms with Gasteiger partial charge in [0.15, 0.2) is 0 Å². The minimum atomic E-state index is 0.453. The van der Waals surface area contributed by atoms with Gasteiger partial charge >= 0.3 is 0 Å². The van der Waals surface area contributed by atoms with E-state index in [9.17, 15) is 0 Å². The highest BCUT2D eigenvalue weighted by molar-refractivity contribution is 9.10. The third-order valence-electron chi connectivity index (χ3n) is 3.93. The van der Waals surface area contributed by atoms with E-state index in [1.165, 1.54) is 24.6 Å². The number of hydrogen-bond acceptors (Lipinski definition) is 2. The van der Waals surface area contributed by atoms with Crippen LogP contribution in [0.25, 0.3) is 10.8 Å². The number of benzene rings is 1. The number of nitrogens with zero attached hydrogens (tertiary/aromatic N) is 1. The van der Waals surface area contributed by atoms with E-state index in [1.807, 2.05) is 18.3 Å². The number of nitrogens with one attached hydrogen (secondary N) is 1. The molecule has 2 atom stereocenters. The molecule has 0 bridgehead atoms. The van der Waals surface area contributed by atoms with Crippen LogP contribution >= 0.6 is 27.5 Å². The first-order valence-electron chi connectivity index (χ1n) is 6.65. The molecule has 19 heavy (non-hydrogen) atoms. The predicted molar refractivity (Wildman–Crippen MR) is 84.9 cm³/mol. The molecule has 1 aromatic carbocycles. The van der Waals surface area contributed by atoms with Crippen molar-refractivity contribution in [1.82, 2.24) is 4.98 Å². The second-order valence-electron chi connectivity index (χ2n) is 5.09. The Morgan fingerprint density at radius 1 is 1.26 bits per heavy atom. The van der Waals surface area contributed by atoms with Gasteiger partial charge in [-0.2, -0.15) is 0 Å². The van der Waals surface area contributed by atoms with E-state index in [1.54, 1.807) is 0 Å². The van der Waals surface area contributed by atoms with Crippen LogP contribution in [0.3, 0.4) is 0 Å². The van der Waals surface area contributed by atoms with Gasteiger partial charge in [-0.1, -0.05) is 34.5 Å². The Bertz CT molecular complexity index is 587. The zero-order valence-corrected chi connectivity index (χ0v) is 12.9. The monoisotopic (exact) mass is 338 g/mol. The fourth-order valence-corrected chi connectivity index (χ4v) is 3.74. The minimum absolute atomic E-state index is 0.453. The summed E-state index contributed by atoms with van der Waals surface area (Å²) in [6.07, 6.45) is 5.52. The van der Waals surface area contributed by atoms with Crippen molar-refractivity contribution in [3.8, 4) is 0 Å². The number of aromatic nitrogens is 1. The normalized spacial score (nSPS) is 22.8. The van der Waals surface area contributed by atoms with Crippen LogP contribution in [0, 0.1) is 5.92 Å². The molecule has 0 amide bonds. The van der Waals surface area contributed by atoms with Gasteiger partial charge in [0.1, 0.15) is 5.82 Å². The third kappa shape index (κ3) is 2.59. The maximum absolute atomic E-state index is 6.04. The summed E-state index contributed by atoms with van der Waals surface area (Å²) in [6, 6.07) is 8.71. The van der Waals surface area contributed by atoms with Gasteiger partial charge in [0.25, 0.3) is 0 Å². The van der Waals surface area contributed by atoms with Crippen LogP contribution in [0.15, 0.2) is 34.9 Å². The lowest BCUT2D eigenvalue weighted by Crippen LogP contribution is -2.25. The number of hydrogen-bond donors (Lipinski definition) is 1. The van der Waals surface area contributed by atoms with Gasteiger partial charge in [0.05, 0.1) is 0 Å². The molecule has 2 aromatic rings. The lowest BCUT2D eigenvalue weighted by molar-refractivity contribution is 0.561. The Labute approximate surface area is 126 Å². The number of rotatable bonds is 3. The predicted octanol–water partition coefficient (Wildman–Crippen LogP) is 4.82. The Hall–Kier alpha value is -0.800. The van der Waals surface area contributed by atoms with Crippen molar-refractivity contribution in [1.29, 1.82) is 0 Å². The minimum Gasteiger partial charge on any atom is -0.367 e. The van der Waals surface area contributed by atoms with Crippen LogP contribution in [0.1, 0.15) is 19.3 Å². The Kier molecular flexibility index (Phi) is 3.94. The molecule has 0 spiro atoms. The molecule has 3 rings (SSSR count). The highest BCUT2D eigenvalue weighted by atomic mass is 79.9. The number of anilines is 1. The summed E-state index contributed by atoms with van der Waals surface area (Å²) < 4.78 is 1.11. The Morgan fingerprint density at radius 2 is 2.16 bits per heavy atom. The van der Waals surface area contributed by atoms with Crippen molar-refractivity contribution in [2.75, 3.05) is 11.2 Å². The average molecular weight is 340 g/mol. The average Bonchev–Trinajstić information content (AvgIpc) is 2.87. The molecule has 0 saturated heterocycles. The first-order chi connectivity index (χ1) is 9.29. The second-order valence-corrected chi connectivity index (χ2v) is 6.25. The topological polar surface area (TPSA) is 24.9 Å². The smallest absolute Gasteiger partial charge is 0.134 e. The Balaban J connectivity index is 1.95. The van der Waals surface area contributed by atoms with E-state index in [-0.39, 0.29) is 0 Å². The van der Waals surface area contributed by atoms with Crippen LogP contribution in [0.5, 0.6) is 0 Å². The van der Waals surface area contributed by atoms with Crippen LogP contribution < -0.4 is 5.32 Å². The molecule has 2 nitrogen and oxygen atoms in total. The van der Waals surface area contributed by atoms with Crippen molar-refractivity contribution < 1.29 is 0 Å². The van der Waals surface area contributed by atoms with E-state index in [0.717, 1.165) is 21.6 Å². The summed E-state index contributed by atoms with van der Waals surface area (Å²) in [7, 11) is 0. The zero-order valence-electron chi connectivity index (χ0n) is 10.6. The van der Waals surface area contributed by atoms with Crippen molar-refractivity contribution in [3.05, 3.63) is 34.9 Å². The highest BCUT2D eigenvalue weighted by Gasteiger charge is 2.26. The first kappa shape index (κ1) is 13.2. The van der Waals surface area contributed by atoms with E-state index in [4.69, 9.17) is 11.6 Å². The molecule has 4 heteroatoms. The van der Waals surface area contributed by atoms with Crippen LogP contribution in [-0.4, -0.2) is 16.9 Å². The molecule has 1 heterocycles. The van der Waals surface area contributed by atoms with E-state index >= 15 is 0 Å². The fraction of sp³-hybridized carbons (Fsp3) is 0.400. The van der Waals surface area contributed by atoms with Gasteiger partial charge in [-0.3, -0.25) is 0 Å². The van der Waals surface area contributed by atoms with Gasteiger partial charge in [-0.25, -0.2) is 4.98 Å². The molecular formula is C15H16BrClN2. The van der Waals surface area contributed by atoms with Crippen LogP contribution in [-0.2, 0) is 0 Å². The highest BCUT2D eigenvalue weighted by Crippen LogP contribution is 2.32. The van der Waals surface area contributed by atoms with Crippen molar-refractivity contribution in [2.45, 2.75) is 25.3 Å². The zero-order chi connectivity index (χ0) is 13.2. The van der Waals surface area contributed by atoms with Gasteiger partial charge < -0.3 is 5.32 Å². The van der Waals surface area contributed by atoms with Crippen molar-refractivity contribution in [2.24, 2.45) is 5.92 Å². The summed E-state index contributed by atoms with van der Waals surface area (Å²) in [4.78, 5) is 4.51. The van der Waals surface area contributed by atoms with E-state index in [0.29, 0.717) is 12.0 Å². The maximum atomic E-state index is 6.04. The maximum Gasteiger partial charge on any atom is 0.134 e. The largest absolute Gasteiger partial charge is 0.367 e. The van der Waals surface area contributed by atoms with E-state index < -0.39 is 0 Å². The van der Waals surface area contributed by atoms with Crippen molar-refractivity contribution >= 4 is 44.1 Å². The molecule has 1 aliphatic rings. The standard InChI is InChI=1S/C15H16BrClN2/c16-13-5-2-4-12-11(13)7-8-18-15(12)19-14-6-1-3-10(14)9-17/h2,4-5,7-8,10,14H,1,3,6,9H2,(H,18,19). The summed E-state index contributed by atoms with van der Waals surface area (Å²) in [5.74, 6) is 2.26. The summed E-state index contributed by atoms with van der Waals surface area (Å²) in [5, 5.41) is 5.95. The van der Waals surface area contributed by atoms with Gasteiger partial charge in [-0.05, 0) is 30.9 Å². The van der Waals surface area contributed by atoms with Crippen LogP contribution in [0.4, 0.5) is 5.82 Å². The first-order valence-corrected chi connectivity index (χ1v) is 7.98. The van der Waals surface area contributed by atoms with Gasteiger partial charge in [0, 0.05) is 33.4 Å². The molecule has 1 aliphatic carbocycles. The van der Waals surface area contributed by atoms with Gasteiger partial charge in [0.2, 0.25) is 0 Å². The molecule has 1 saturated carbocycles. The number of pyridine rings is 1. The molecule has 0 radical (unpaired) electrons. The number of fused-ring (bicyclic) bond motifs is 1. The quantitative estimate of drug-likeness (QED) is 0.811. The van der Waals surface area contributed by atoms with Crippen molar-refractivity contribution in [3.63, 3.8) is 0 Å². The summed E-state index contributed by atoms with van der Waals surface area (Å²) in [5.41, 5.74) is 0. The number of alkyl halides is 1. The Morgan fingerprint density at radius 3 is 3.00 bits per heavy atom. The SMILES string of the molecule is ClCC1CCCC1Nc1nccc2c(Br)cccc12. The summed E-state index contributed by atoms with van der Waals surface area (Å²) in [6.45, 7) is 0. The molecule has 2 unspecified atom stereocenters. The second kappa shape index (κ2) is 5.68. The summed E-state index contributed by atoms with van der Waals surface area (Å²) >= 11 is 9.64. The fourth-order valence-electron chi connectivity index (χ4n) is 2.87. The molecule has 0 aliphatic heterocycles. The lowest BCUT2D eigenvalue weighted by Gasteiger charge is -2.20. The molecular weight excluding hydrogens is 324 g/mol. The molecule has 100 valence electrons. The van der Waals surface area contributed by atoms with Gasteiger partial charge in [-0.15, -0.1) is 11.6 Å². The van der Waals surface area contributed by atoms with Crippen LogP contribution in [0.2, 0.25) is 0 Å². The molecule has 1 aromatic heterocycles. The third-order valence-corrected chi connectivity index (χ3v) is 5.02. The molecule has 1 N–H and O–H groups in total.